The number of phosphoric acid groups is 1. The first-order valence-corrected chi connectivity index (χ1v) is 12.6. The Balaban J connectivity index is 3.29. The summed E-state index contributed by atoms with van der Waals surface area (Å²) in [5, 5.41) is 0. The highest BCUT2D eigenvalue weighted by Crippen LogP contribution is 2.42. The van der Waals surface area contributed by atoms with Crippen LogP contribution in [0.4, 0.5) is 0 Å². The maximum Gasteiger partial charge on any atom is 0.524 e. The zero-order valence-electron chi connectivity index (χ0n) is 18.5. The molecular formula is C23H41O4P. The van der Waals surface area contributed by atoms with Crippen LogP contribution in [0.5, 0.6) is 5.75 Å². The van der Waals surface area contributed by atoms with E-state index in [1.165, 1.54) is 36.8 Å². The third-order valence-electron chi connectivity index (χ3n) is 5.91. The van der Waals surface area contributed by atoms with Crippen LogP contribution in [0, 0.1) is 18.8 Å². The molecule has 2 N–H and O–H groups in total. The molecule has 0 aromatic heterocycles. The van der Waals surface area contributed by atoms with Crippen molar-refractivity contribution >= 4 is 7.82 Å². The van der Waals surface area contributed by atoms with Gasteiger partial charge < -0.3 is 4.52 Å². The molecule has 1 rings (SSSR count). The monoisotopic (exact) mass is 412 g/mol. The van der Waals surface area contributed by atoms with Crippen LogP contribution in [-0.4, -0.2) is 9.79 Å². The van der Waals surface area contributed by atoms with Crippen molar-refractivity contribution in [3.05, 3.63) is 28.8 Å². The molecule has 0 bridgehead atoms. The first-order valence-electron chi connectivity index (χ1n) is 11.1. The lowest BCUT2D eigenvalue weighted by atomic mass is 9.83. The number of hydrogen-bond donors (Lipinski definition) is 2. The molecule has 4 nitrogen and oxygen atoms in total. The lowest BCUT2D eigenvalue weighted by molar-refractivity contribution is 0.281. The van der Waals surface area contributed by atoms with Gasteiger partial charge in [0.2, 0.25) is 0 Å². The number of hydrogen-bond acceptors (Lipinski definition) is 2. The normalized spacial score (nSPS) is 14.1. The van der Waals surface area contributed by atoms with Gasteiger partial charge in [-0.1, -0.05) is 85.1 Å². The minimum absolute atomic E-state index is 0.370. The molecule has 0 heterocycles. The summed E-state index contributed by atoms with van der Waals surface area (Å²) in [6.07, 6.45) is 11.1. The smallest absolute Gasteiger partial charge is 0.404 e. The maximum atomic E-state index is 11.6. The molecule has 0 saturated carbocycles. The van der Waals surface area contributed by atoms with Gasteiger partial charge in [0, 0.05) is 0 Å². The SMILES string of the molecule is CCCCC(CC)Cc1c(C)ccc(OP(=O)(O)O)c1CC(CC)CCCC. The summed E-state index contributed by atoms with van der Waals surface area (Å²) in [7, 11) is -4.58. The predicted octanol–water partition coefficient (Wildman–Crippen LogP) is 6.98. The van der Waals surface area contributed by atoms with Gasteiger partial charge in [-0.2, -0.15) is 0 Å². The predicted molar refractivity (Wildman–Crippen MR) is 118 cm³/mol. The number of phosphoric ester groups is 1. The Labute approximate surface area is 172 Å². The molecule has 1 aromatic carbocycles. The average molecular weight is 413 g/mol. The highest BCUT2D eigenvalue weighted by molar-refractivity contribution is 7.46. The molecular weight excluding hydrogens is 371 g/mol. The summed E-state index contributed by atoms with van der Waals surface area (Å²) >= 11 is 0. The largest absolute Gasteiger partial charge is 0.524 e. The molecule has 0 spiro atoms. The van der Waals surface area contributed by atoms with Crippen molar-refractivity contribution in [2.45, 2.75) is 98.8 Å². The molecule has 0 aliphatic heterocycles. The first-order chi connectivity index (χ1) is 13.3. The van der Waals surface area contributed by atoms with Gasteiger partial charge in [-0.25, -0.2) is 4.57 Å². The highest BCUT2D eigenvalue weighted by Gasteiger charge is 2.24. The Morgan fingerprint density at radius 2 is 1.39 bits per heavy atom. The number of unbranched alkanes of at least 4 members (excludes halogenated alkanes) is 2. The second kappa shape index (κ2) is 12.7. The first kappa shape index (κ1) is 25.2. The lowest BCUT2D eigenvalue weighted by Gasteiger charge is -2.24. The summed E-state index contributed by atoms with van der Waals surface area (Å²) < 4.78 is 16.7. The van der Waals surface area contributed by atoms with Gasteiger partial charge >= 0.3 is 7.82 Å². The summed E-state index contributed by atoms with van der Waals surface area (Å²) in [6, 6.07) is 3.69. The number of rotatable bonds is 14. The molecule has 2 atom stereocenters. The van der Waals surface area contributed by atoms with E-state index in [0.717, 1.165) is 44.1 Å². The Morgan fingerprint density at radius 3 is 1.82 bits per heavy atom. The van der Waals surface area contributed by atoms with Crippen molar-refractivity contribution in [1.82, 2.24) is 0 Å². The van der Waals surface area contributed by atoms with Gasteiger partial charge in [-0.3, -0.25) is 9.79 Å². The third-order valence-corrected chi connectivity index (χ3v) is 6.35. The summed E-state index contributed by atoms with van der Waals surface area (Å²) in [5.74, 6) is 1.47. The van der Waals surface area contributed by atoms with E-state index in [9.17, 15) is 14.4 Å². The Bertz CT molecular complexity index is 623. The second-order valence-corrected chi connectivity index (χ2v) is 9.32. The second-order valence-electron chi connectivity index (χ2n) is 8.16. The van der Waals surface area contributed by atoms with E-state index in [0.29, 0.717) is 17.6 Å². The molecule has 0 aliphatic carbocycles. The average Bonchev–Trinajstić information content (AvgIpc) is 2.64. The summed E-state index contributed by atoms with van der Waals surface area (Å²) in [5.41, 5.74) is 3.46. The van der Waals surface area contributed by atoms with Crippen molar-refractivity contribution in [3.63, 3.8) is 0 Å². The zero-order valence-corrected chi connectivity index (χ0v) is 19.4. The molecule has 1 aromatic rings. The number of benzene rings is 1. The van der Waals surface area contributed by atoms with Gasteiger partial charge in [-0.15, -0.1) is 0 Å². The fourth-order valence-corrected chi connectivity index (χ4v) is 4.40. The topological polar surface area (TPSA) is 66.8 Å². The summed E-state index contributed by atoms with van der Waals surface area (Å²) in [6.45, 7) is 11.0. The maximum absolute atomic E-state index is 11.6. The van der Waals surface area contributed by atoms with Gasteiger partial charge in [-0.05, 0) is 54.4 Å². The van der Waals surface area contributed by atoms with Crippen molar-refractivity contribution in [1.29, 1.82) is 0 Å². The Morgan fingerprint density at radius 1 is 0.893 bits per heavy atom. The van der Waals surface area contributed by atoms with E-state index in [1.54, 1.807) is 6.07 Å². The van der Waals surface area contributed by atoms with Crippen LogP contribution < -0.4 is 4.52 Å². The minimum Gasteiger partial charge on any atom is -0.404 e. The van der Waals surface area contributed by atoms with Gasteiger partial charge in [0.15, 0.2) is 0 Å². The van der Waals surface area contributed by atoms with E-state index in [-0.39, 0.29) is 0 Å². The fourth-order valence-electron chi connectivity index (χ4n) is 3.97. The molecule has 0 radical (unpaired) electrons. The lowest BCUT2D eigenvalue weighted by Crippen LogP contribution is -2.12. The van der Waals surface area contributed by atoms with Crippen molar-refractivity contribution in [2.75, 3.05) is 0 Å². The van der Waals surface area contributed by atoms with Crippen LogP contribution in [0.2, 0.25) is 0 Å². The molecule has 2 unspecified atom stereocenters. The standard InChI is InChI=1S/C23H41O4P/c1-6-10-12-19(8-3)16-21-18(5)14-15-23(27-28(24,25)26)22(21)17-20(9-4)13-11-7-2/h14-15,19-20H,6-13,16-17H2,1-5H3,(H2,24,25,26). The van der Waals surface area contributed by atoms with Crippen molar-refractivity contribution < 1.29 is 18.9 Å². The fraction of sp³-hybridized carbons (Fsp3) is 0.739. The van der Waals surface area contributed by atoms with Crippen LogP contribution in [0.25, 0.3) is 0 Å². The molecule has 162 valence electrons. The van der Waals surface area contributed by atoms with E-state index >= 15 is 0 Å². The highest BCUT2D eigenvalue weighted by atomic mass is 31.2. The van der Waals surface area contributed by atoms with Crippen LogP contribution in [-0.2, 0) is 17.4 Å². The number of aryl methyl sites for hydroxylation is 1. The van der Waals surface area contributed by atoms with Crippen molar-refractivity contribution in [2.24, 2.45) is 11.8 Å². The van der Waals surface area contributed by atoms with Crippen LogP contribution >= 0.6 is 7.82 Å². The zero-order chi connectivity index (χ0) is 21.2. The molecule has 0 aliphatic rings. The van der Waals surface area contributed by atoms with Gasteiger partial charge in [0.05, 0.1) is 0 Å². The van der Waals surface area contributed by atoms with Crippen LogP contribution in [0.1, 0.15) is 95.8 Å². The van der Waals surface area contributed by atoms with E-state index in [4.69, 9.17) is 4.52 Å². The minimum atomic E-state index is -4.58. The van der Waals surface area contributed by atoms with Crippen LogP contribution in [0.15, 0.2) is 12.1 Å². The quantitative estimate of drug-likeness (QED) is 0.323. The van der Waals surface area contributed by atoms with Crippen molar-refractivity contribution in [3.8, 4) is 5.75 Å². The molecule has 0 fully saturated rings. The summed E-state index contributed by atoms with van der Waals surface area (Å²) in [4.78, 5) is 18.8. The van der Waals surface area contributed by atoms with Crippen LogP contribution in [0.3, 0.4) is 0 Å². The van der Waals surface area contributed by atoms with E-state index in [1.807, 2.05) is 6.07 Å². The van der Waals surface area contributed by atoms with Gasteiger partial charge in [0.1, 0.15) is 5.75 Å². The molecule has 28 heavy (non-hydrogen) atoms. The van der Waals surface area contributed by atoms with E-state index < -0.39 is 7.82 Å². The van der Waals surface area contributed by atoms with Gasteiger partial charge in [0.25, 0.3) is 0 Å². The molecule has 0 saturated heterocycles. The molecule has 0 amide bonds. The Hall–Kier alpha value is -0.830. The third kappa shape index (κ3) is 8.68. The van der Waals surface area contributed by atoms with E-state index in [2.05, 4.69) is 34.6 Å². The molecule has 5 heteroatoms. The Kier molecular flexibility index (Phi) is 11.4.